The van der Waals surface area contributed by atoms with Crippen molar-refractivity contribution in [2.45, 2.75) is 32.7 Å². The SMILES string of the molecule is Cc1nc(C)c(-c2ccc(=O)n(CCNC(=O)CC(c3ccccc3)c3ccccc3)n2)s1. The number of carbonyl (C=O) groups is 1. The molecule has 2 aromatic carbocycles. The molecule has 2 aromatic heterocycles. The topological polar surface area (TPSA) is 76.9 Å². The first-order chi connectivity index (χ1) is 16.0. The molecule has 0 spiro atoms. The molecule has 0 atom stereocenters. The summed E-state index contributed by atoms with van der Waals surface area (Å²) in [7, 11) is 0. The molecule has 0 bridgehead atoms. The fraction of sp³-hybridized carbons (Fsp3) is 0.231. The van der Waals surface area contributed by atoms with Crippen LogP contribution in [0.25, 0.3) is 10.6 Å². The van der Waals surface area contributed by atoms with E-state index in [0.717, 1.165) is 32.4 Å². The van der Waals surface area contributed by atoms with E-state index in [1.54, 1.807) is 17.4 Å². The molecule has 6 nitrogen and oxygen atoms in total. The number of carbonyl (C=O) groups excluding carboxylic acids is 1. The molecule has 1 N–H and O–H groups in total. The van der Waals surface area contributed by atoms with Gasteiger partial charge >= 0.3 is 0 Å². The van der Waals surface area contributed by atoms with Crippen LogP contribution in [0.2, 0.25) is 0 Å². The minimum Gasteiger partial charge on any atom is -0.354 e. The van der Waals surface area contributed by atoms with Crippen LogP contribution in [0.4, 0.5) is 0 Å². The Morgan fingerprint density at radius 2 is 1.61 bits per heavy atom. The lowest BCUT2D eigenvalue weighted by Gasteiger charge is -2.18. The number of nitrogens with zero attached hydrogens (tertiary/aromatic N) is 3. The zero-order chi connectivity index (χ0) is 23.2. The fourth-order valence-corrected chi connectivity index (χ4v) is 4.74. The van der Waals surface area contributed by atoms with Crippen LogP contribution < -0.4 is 10.9 Å². The van der Waals surface area contributed by atoms with E-state index in [9.17, 15) is 9.59 Å². The molecule has 7 heteroatoms. The largest absolute Gasteiger partial charge is 0.354 e. The average molecular weight is 459 g/mol. The van der Waals surface area contributed by atoms with Crippen molar-refractivity contribution >= 4 is 17.2 Å². The van der Waals surface area contributed by atoms with E-state index in [1.165, 1.54) is 10.7 Å². The second-order valence-electron chi connectivity index (χ2n) is 7.86. The van der Waals surface area contributed by atoms with Gasteiger partial charge < -0.3 is 5.32 Å². The van der Waals surface area contributed by atoms with Gasteiger partial charge in [-0.2, -0.15) is 5.10 Å². The molecule has 1 amide bonds. The molecule has 168 valence electrons. The van der Waals surface area contributed by atoms with Gasteiger partial charge in [0.15, 0.2) is 0 Å². The number of aryl methyl sites for hydroxylation is 2. The first-order valence-electron chi connectivity index (χ1n) is 10.9. The second-order valence-corrected chi connectivity index (χ2v) is 9.06. The van der Waals surface area contributed by atoms with Crippen LogP contribution in [0.1, 0.15) is 34.2 Å². The second kappa shape index (κ2) is 10.4. The quantitative estimate of drug-likeness (QED) is 0.427. The summed E-state index contributed by atoms with van der Waals surface area (Å²) >= 11 is 1.55. The summed E-state index contributed by atoms with van der Waals surface area (Å²) in [5, 5.41) is 8.41. The molecule has 0 saturated heterocycles. The summed E-state index contributed by atoms with van der Waals surface area (Å²) in [6.07, 6.45) is 0.329. The first-order valence-corrected chi connectivity index (χ1v) is 11.7. The molecule has 0 fully saturated rings. The molecule has 0 aliphatic carbocycles. The average Bonchev–Trinajstić information content (AvgIpc) is 3.17. The molecule has 33 heavy (non-hydrogen) atoms. The summed E-state index contributed by atoms with van der Waals surface area (Å²) in [5.41, 5.74) is 3.62. The summed E-state index contributed by atoms with van der Waals surface area (Å²) in [4.78, 5) is 30.5. The van der Waals surface area contributed by atoms with Gasteiger partial charge in [-0.3, -0.25) is 9.59 Å². The Morgan fingerprint density at radius 3 is 2.18 bits per heavy atom. The molecule has 0 saturated carbocycles. The van der Waals surface area contributed by atoms with Gasteiger partial charge in [-0.25, -0.2) is 9.67 Å². The van der Waals surface area contributed by atoms with Crippen molar-refractivity contribution in [1.29, 1.82) is 0 Å². The van der Waals surface area contributed by atoms with E-state index >= 15 is 0 Å². The number of nitrogens with one attached hydrogen (secondary N) is 1. The standard InChI is InChI=1S/C26H26N4O2S/c1-18-26(33-19(2)28-18)23-13-14-25(32)30(29-23)16-15-27-24(31)17-22(20-9-5-3-6-10-20)21-11-7-4-8-12-21/h3-14,22H,15-17H2,1-2H3,(H,27,31). The van der Waals surface area contributed by atoms with Crippen LogP contribution in [-0.2, 0) is 11.3 Å². The summed E-state index contributed by atoms with van der Waals surface area (Å²) < 4.78 is 1.40. The summed E-state index contributed by atoms with van der Waals surface area (Å²) in [6.45, 7) is 4.51. The highest BCUT2D eigenvalue weighted by Gasteiger charge is 2.18. The van der Waals surface area contributed by atoms with Crippen LogP contribution in [0, 0.1) is 13.8 Å². The maximum absolute atomic E-state index is 12.8. The van der Waals surface area contributed by atoms with E-state index in [-0.39, 0.29) is 17.4 Å². The van der Waals surface area contributed by atoms with Crippen molar-refractivity contribution in [1.82, 2.24) is 20.1 Å². The van der Waals surface area contributed by atoms with Crippen molar-refractivity contribution in [2.75, 3.05) is 6.54 Å². The smallest absolute Gasteiger partial charge is 0.266 e. The highest BCUT2D eigenvalue weighted by Crippen LogP contribution is 2.28. The Bertz CT molecular complexity index is 1240. The molecule has 4 aromatic rings. The van der Waals surface area contributed by atoms with Crippen LogP contribution in [-0.4, -0.2) is 27.2 Å². The number of thiazole rings is 1. The number of hydrogen-bond donors (Lipinski definition) is 1. The lowest BCUT2D eigenvalue weighted by Crippen LogP contribution is -2.32. The molecule has 0 aliphatic rings. The number of rotatable bonds is 8. The van der Waals surface area contributed by atoms with E-state index in [2.05, 4.69) is 15.4 Å². The van der Waals surface area contributed by atoms with Gasteiger partial charge in [0.25, 0.3) is 5.56 Å². The number of hydrogen-bond acceptors (Lipinski definition) is 5. The van der Waals surface area contributed by atoms with Crippen LogP contribution in [0.15, 0.2) is 77.6 Å². The van der Waals surface area contributed by atoms with Crippen molar-refractivity contribution in [3.05, 3.63) is 105 Å². The third kappa shape index (κ3) is 5.62. The lowest BCUT2D eigenvalue weighted by molar-refractivity contribution is -0.121. The molecule has 0 aliphatic heterocycles. The minimum atomic E-state index is -0.196. The Hall–Kier alpha value is -3.58. The highest BCUT2D eigenvalue weighted by molar-refractivity contribution is 7.15. The van der Waals surface area contributed by atoms with Crippen LogP contribution >= 0.6 is 11.3 Å². The minimum absolute atomic E-state index is 0.0332. The van der Waals surface area contributed by atoms with E-state index in [4.69, 9.17) is 0 Å². The predicted octanol–water partition coefficient (Wildman–Crippen LogP) is 4.32. The maximum Gasteiger partial charge on any atom is 0.266 e. The van der Waals surface area contributed by atoms with Crippen LogP contribution in [0.5, 0.6) is 0 Å². The van der Waals surface area contributed by atoms with E-state index in [0.29, 0.717) is 19.5 Å². The molecule has 0 unspecified atom stereocenters. The Morgan fingerprint density at radius 1 is 0.970 bits per heavy atom. The van der Waals surface area contributed by atoms with Crippen LogP contribution in [0.3, 0.4) is 0 Å². The highest BCUT2D eigenvalue weighted by atomic mass is 32.1. The van der Waals surface area contributed by atoms with Crippen molar-refractivity contribution in [3.8, 4) is 10.6 Å². The zero-order valence-electron chi connectivity index (χ0n) is 18.7. The van der Waals surface area contributed by atoms with Crippen molar-refractivity contribution in [3.63, 3.8) is 0 Å². The fourth-order valence-electron chi connectivity index (χ4n) is 3.86. The van der Waals surface area contributed by atoms with Gasteiger partial charge in [0.05, 0.1) is 22.1 Å². The van der Waals surface area contributed by atoms with Gasteiger partial charge in [0.1, 0.15) is 5.69 Å². The third-order valence-electron chi connectivity index (χ3n) is 5.44. The Labute approximate surface area is 197 Å². The van der Waals surface area contributed by atoms with E-state index in [1.807, 2.05) is 74.5 Å². The lowest BCUT2D eigenvalue weighted by atomic mass is 9.88. The molecule has 2 heterocycles. The monoisotopic (exact) mass is 458 g/mol. The number of aromatic nitrogens is 3. The van der Waals surface area contributed by atoms with Gasteiger partial charge in [0, 0.05) is 24.9 Å². The Balaban J connectivity index is 1.42. The Kier molecular flexibility index (Phi) is 7.10. The third-order valence-corrected chi connectivity index (χ3v) is 6.54. The zero-order valence-corrected chi connectivity index (χ0v) is 19.5. The van der Waals surface area contributed by atoms with Gasteiger partial charge in [-0.15, -0.1) is 11.3 Å². The predicted molar refractivity (Wildman–Crippen MR) is 131 cm³/mol. The van der Waals surface area contributed by atoms with E-state index < -0.39 is 0 Å². The maximum atomic E-state index is 12.8. The molecule has 4 rings (SSSR count). The number of amides is 1. The normalized spacial score (nSPS) is 11.0. The first kappa shape index (κ1) is 22.6. The summed E-state index contributed by atoms with van der Waals surface area (Å²) in [6, 6.07) is 23.3. The van der Waals surface area contributed by atoms with Gasteiger partial charge in [0.2, 0.25) is 5.91 Å². The van der Waals surface area contributed by atoms with Gasteiger partial charge in [-0.05, 0) is 31.0 Å². The molecular weight excluding hydrogens is 432 g/mol. The summed E-state index contributed by atoms with van der Waals surface area (Å²) in [5.74, 6) is -0.0973. The molecule has 0 radical (unpaired) electrons. The van der Waals surface area contributed by atoms with Crippen molar-refractivity contribution < 1.29 is 4.79 Å². The molecular formula is C26H26N4O2S. The number of benzene rings is 2. The van der Waals surface area contributed by atoms with Gasteiger partial charge in [-0.1, -0.05) is 60.7 Å². The van der Waals surface area contributed by atoms with Crippen molar-refractivity contribution in [2.24, 2.45) is 0 Å².